The van der Waals surface area contributed by atoms with Crippen LogP contribution in [0.25, 0.3) is 0 Å². The van der Waals surface area contributed by atoms with Gasteiger partial charge in [0.15, 0.2) is 22.9 Å². The largest absolute Gasteiger partial charge is 0.497 e. The number of aliphatic hydroxyl groups is 1. The Morgan fingerprint density at radius 1 is 0.743 bits per heavy atom. The number of benzene rings is 3. The molecule has 74 heavy (non-hydrogen) atoms. The normalized spacial score (nSPS) is 18.7. The van der Waals surface area contributed by atoms with Crippen molar-refractivity contribution in [3.05, 3.63) is 135 Å². The number of hydrogen-bond donors (Lipinski definition) is 4. The number of alkyl carbamates (subject to hydrolysis) is 1. The lowest BCUT2D eigenvalue weighted by Gasteiger charge is -2.44. The van der Waals surface area contributed by atoms with Crippen molar-refractivity contribution in [2.24, 2.45) is 0 Å². The van der Waals surface area contributed by atoms with Crippen LogP contribution in [0.4, 0.5) is 4.79 Å². The monoisotopic (exact) mass is 1060 g/mol. The van der Waals surface area contributed by atoms with Gasteiger partial charge >= 0.3 is 17.8 Å². The van der Waals surface area contributed by atoms with Crippen molar-refractivity contribution in [1.29, 1.82) is 0 Å². The fourth-order valence-electron chi connectivity index (χ4n) is 7.79. The summed E-state index contributed by atoms with van der Waals surface area (Å²) >= 11 is 0. The molecule has 1 aromatic heterocycles. The number of carbonyl (C=O) groups is 3. The average molecular weight is 1060 g/mol. The summed E-state index contributed by atoms with van der Waals surface area (Å²) in [6.07, 6.45) is -5.06. The van der Waals surface area contributed by atoms with Crippen LogP contribution in [-0.2, 0) is 52.2 Å². The summed E-state index contributed by atoms with van der Waals surface area (Å²) in [4.78, 5) is 69.3. The molecule has 7 atom stereocenters. The van der Waals surface area contributed by atoms with Gasteiger partial charge in [-0.2, -0.15) is 0 Å². The fourth-order valence-corrected chi connectivity index (χ4v) is 10.4. The predicted octanol–water partition coefficient (Wildman–Crippen LogP) is 7.45. The molecular formula is C55H81N5O12Si2. The molecule has 2 heterocycles. The van der Waals surface area contributed by atoms with Crippen LogP contribution in [0.15, 0.2) is 107 Å². The highest BCUT2D eigenvalue weighted by Crippen LogP contribution is 2.46. The molecule has 3 aromatic carbocycles. The minimum absolute atomic E-state index is 0.0289. The number of amides is 2. The van der Waals surface area contributed by atoms with Gasteiger partial charge in [0.05, 0.1) is 13.7 Å². The second kappa shape index (κ2) is 25.0. The molecule has 4 N–H and O–H groups in total. The number of nitrogens with zero attached hydrogens (tertiary/aromatic N) is 2. The van der Waals surface area contributed by atoms with Crippen molar-refractivity contribution in [1.82, 2.24) is 25.1 Å². The third-order valence-electron chi connectivity index (χ3n) is 14.0. The molecular weight excluding hydrogens is 979 g/mol. The van der Waals surface area contributed by atoms with Crippen LogP contribution in [-0.4, -0.2) is 111 Å². The molecule has 1 aliphatic rings. The Labute approximate surface area is 438 Å². The summed E-state index contributed by atoms with van der Waals surface area (Å²) in [7, 11) is -3.98. The first-order valence-corrected chi connectivity index (χ1v) is 31.2. The lowest BCUT2D eigenvalue weighted by atomic mass is 9.99. The number of carbonyl (C=O) groups excluding carboxylic acids is 3. The number of aromatic nitrogens is 2. The zero-order valence-electron chi connectivity index (χ0n) is 45.9. The molecule has 1 fully saturated rings. The van der Waals surface area contributed by atoms with Gasteiger partial charge in [0, 0.05) is 25.2 Å². The van der Waals surface area contributed by atoms with E-state index >= 15 is 0 Å². The predicted molar refractivity (Wildman–Crippen MR) is 290 cm³/mol. The zero-order valence-corrected chi connectivity index (χ0v) is 47.9. The molecule has 1 unspecified atom stereocenters. The van der Waals surface area contributed by atoms with Gasteiger partial charge in [-0.15, -0.1) is 0 Å². The maximum Gasteiger partial charge on any atom is 0.408 e. The van der Waals surface area contributed by atoms with Crippen LogP contribution in [0, 0.1) is 0 Å². The van der Waals surface area contributed by atoms with Gasteiger partial charge in [0.25, 0.3) is 5.56 Å². The number of nitrogens with one attached hydrogen (secondary N) is 3. The van der Waals surface area contributed by atoms with E-state index in [2.05, 4.69) is 83.7 Å². The van der Waals surface area contributed by atoms with Crippen molar-refractivity contribution >= 4 is 34.6 Å². The van der Waals surface area contributed by atoms with E-state index in [0.717, 1.165) is 15.7 Å². The Hall–Kier alpha value is -5.42. The molecule has 0 spiro atoms. The third-order valence-corrected chi connectivity index (χ3v) is 23.0. The quantitative estimate of drug-likeness (QED) is 0.0343. The first kappa shape index (κ1) is 59.5. The molecule has 17 nitrogen and oxygen atoms in total. The van der Waals surface area contributed by atoms with Crippen LogP contribution >= 0.6 is 0 Å². The number of rotatable bonds is 22. The number of esters is 1. The van der Waals surface area contributed by atoms with Crippen LogP contribution in [0.1, 0.15) is 91.7 Å². The summed E-state index contributed by atoms with van der Waals surface area (Å²) in [6, 6.07) is 24.5. The van der Waals surface area contributed by atoms with E-state index in [4.69, 9.17) is 27.8 Å². The van der Waals surface area contributed by atoms with E-state index in [9.17, 15) is 29.1 Å². The van der Waals surface area contributed by atoms with E-state index in [1.807, 2.05) is 60.7 Å². The second-order valence-corrected chi connectivity index (χ2v) is 32.5. The summed E-state index contributed by atoms with van der Waals surface area (Å²) in [6.45, 7) is 26.2. The molecule has 0 aliphatic carbocycles. The first-order chi connectivity index (χ1) is 34.5. The van der Waals surface area contributed by atoms with Crippen molar-refractivity contribution in [2.45, 2.75) is 173 Å². The maximum absolute atomic E-state index is 14.7. The standard InChI is InChI=1S/C55H81N5O12Si2/c1-53(2,3)70-50(64)43(56-31-21-32-57-48(63)41(34-37-22-17-15-18-23-37)58-51(65)68-36-39-24-19-16-20-25-39)44(62)45-46(71-73(11,12)54(4,5)6)47(72-74(13,14)55(7,8)9)49(69-45)59-33-30-42(61)60(52(59)66)35-38-26-28-40(67-10)29-27-38/h15-20,22-30,33,41,43-47,49,56,62H,21,31-32,34-36H2,1-14H3,(H,57,63)(H,58,65)/t41-,43-,44+,45?,46+,47+,49+/m0/s1. The van der Waals surface area contributed by atoms with Crippen LogP contribution in [0.5, 0.6) is 5.75 Å². The van der Waals surface area contributed by atoms with Gasteiger partial charge in [-0.05, 0) is 98.8 Å². The van der Waals surface area contributed by atoms with Gasteiger partial charge in [-0.25, -0.2) is 9.59 Å². The van der Waals surface area contributed by atoms with Crippen LogP contribution in [0.2, 0.25) is 36.3 Å². The SMILES string of the molecule is COc1ccc(Cn2c(=O)ccn([C@@H]3OC([C@H](O)[C@H](NCCCNC(=O)[C@H](Cc4ccccc4)NC(=O)OCc4ccccc4)C(=O)OC(C)(C)C)[C@@H](O[Si](C)(C)C(C)(C)C)[C@H]3O[Si](C)(C)C(C)(C)C)c2=O)cc1. The Morgan fingerprint density at radius 2 is 1.31 bits per heavy atom. The lowest BCUT2D eigenvalue weighted by molar-refractivity contribution is -0.166. The number of aliphatic hydroxyl groups excluding tert-OH is 1. The molecule has 0 saturated carbocycles. The number of methoxy groups -OCH3 is 1. The zero-order chi connectivity index (χ0) is 54.8. The molecule has 2 amide bonds. The molecule has 19 heteroatoms. The minimum atomic E-state index is -2.78. The molecule has 5 rings (SSSR count). The summed E-state index contributed by atoms with van der Waals surface area (Å²) in [5.74, 6) is -0.583. The minimum Gasteiger partial charge on any atom is -0.497 e. The Bertz CT molecular complexity index is 2590. The Kier molecular flexibility index (Phi) is 20.0. The van der Waals surface area contributed by atoms with E-state index in [1.54, 1.807) is 52.1 Å². The smallest absolute Gasteiger partial charge is 0.408 e. The van der Waals surface area contributed by atoms with Crippen LogP contribution < -0.4 is 31.9 Å². The molecule has 0 bridgehead atoms. The molecule has 1 aliphatic heterocycles. The van der Waals surface area contributed by atoms with Crippen molar-refractivity contribution in [3.8, 4) is 5.75 Å². The second-order valence-electron chi connectivity index (χ2n) is 23.0. The van der Waals surface area contributed by atoms with E-state index < -0.39 is 94.2 Å². The highest BCUT2D eigenvalue weighted by Gasteiger charge is 2.58. The number of ether oxygens (including phenoxy) is 4. The average Bonchev–Trinajstić information content (AvgIpc) is 3.65. The topological polar surface area (TPSA) is 207 Å². The van der Waals surface area contributed by atoms with E-state index in [-0.39, 0.29) is 49.2 Å². The molecule has 4 aromatic rings. The fraction of sp³-hybridized carbons (Fsp3) is 0.545. The van der Waals surface area contributed by atoms with Gasteiger partial charge in [-0.1, -0.05) is 114 Å². The highest BCUT2D eigenvalue weighted by molar-refractivity contribution is 6.74. The van der Waals surface area contributed by atoms with Crippen LogP contribution in [0.3, 0.4) is 0 Å². The van der Waals surface area contributed by atoms with Crippen molar-refractivity contribution in [2.75, 3.05) is 20.2 Å². The van der Waals surface area contributed by atoms with Crippen molar-refractivity contribution < 1.29 is 47.3 Å². The van der Waals surface area contributed by atoms with Gasteiger partial charge in [0.2, 0.25) is 5.91 Å². The lowest BCUT2D eigenvalue weighted by Crippen LogP contribution is -2.59. The molecule has 1 saturated heterocycles. The summed E-state index contributed by atoms with van der Waals surface area (Å²) < 4.78 is 40.5. The first-order valence-electron chi connectivity index (χ1n) is 25.4. The van der Waals surface area contributed by atoms with Gasteiger partial charge in [0.1, 0.15) is 54.5 Å². The van der Waals surface area contributed by atoms with Gasteiger partial charge < -0.3 is 48.9 Å². The van der Waals surface area contributed by atoms with Gasteiger partial charge in [-0.3, -0.25) is 23.5 Å². The Balaban J connectivity index is 1.46. The third kappa shape index (κ3) is 16.0. The molecule has 0 radical (unpaired) electrons. The highest BCUT2D eigenvalue weighted by atomic mass is 28.4. The van der Waals surface area contributed by atoms with Crippen molar-refractivity contribution in [3.63, 3.8) is 0 Å². The molecule has 406 valence electrons. The van der Waals surface area contributed by atoms with E-state index in [1.165, 1.54) is 16.8 Å². The Morgan fingerprint density at radius 3 is 1.86 bits per heavy atom. The number of hydrogen-bond acceptors (Lipinski definition) is 13. The maximum atomic E-state index is 14.7. The van der Waals surface area contributed by atoms with E-state index in [0.29, 0.717) is 11.3 Å². The summed E-state index contributed by atoms with van der Waals surface area (Å²) in [5, 5.41) is 20.9. The summed E-state index contributed by atoms with van der Waals surface area (Å²) in [5.41, 5.74) is 0.162.